The first-order valence-corrected chi connectivity index (χ1v) is 7.25. The Morgan fingerprint density at radius 1 is 1.44 bits per heavy atom. The lowest BCUT2D eigenvalue weighted by Gasteiger charge is -2.20. The smallest absolute Gasteiger partial charge is 0.178 e. The minimum absolute atomic E-state index is 0.276. The first kappa shape index (κ1) is 13.7. The Hall–Kier alpha value is -0.680. The zero-order valence-electron chi connectivity index (χ0n) is 10.6. The van der Waals surface area contributed by atoms with E-state index in [1.165, 1.54) is 6.07 Å². The van der Waals surface area contributed by atoms with E-state index >= 15 is 0 Å². The van der Waals surface area contributed by atoms with Crippen LogP contribution in [0.15, 0.2) is 16.6 Å². The van der Waals surface area contributed by atoms with Gasteiger partial charge in [0.2, 0.25) is 0 Å². The quantitative estimate of drug-likeness (QED) is 0.766. The minimum atomic E-state index is -0.276. The molecular weight excluding hydrogens is 315 g/mol. The van der Waals surface area contributed by atoms with Crippen molar-refractivity contribution in [2.75, 3.05) is 0 Å². The van der Waals surface area contributed by atoms with Crippen molar-refractivity contribution in [1.29, 1.82) is 0 Å². The lowest BCUT2D eigenvalue weighted by atomic mass is 10.0. The number of nitrogens with zero attached hydrogens (tertiary/aromatic N) is 1. The molecule has 98 valence electrons. The molecule has 1 aromatic carbocycles. The van der Waals surface area contributed by atoms with Gasteiger partial charge in [0.15, 0.2) is 4.77 Å². The first-order chi connectivity index (χ1) is 8.45. The number of fused-ring (bicyclic) bond motifs is 1. The van der Waals surface area contributed by atoms with Crippen LogP contribution in [-0.4, -0.2) is 9.55 Å². The summed E-state index contributed by atoms with van der Waals surface area (Å²) in [5.41, 5.74) is 1.69. The molecule has 0 spiro atoms. The highest BCUT2D eigenvalue weighted by atomic mass is 79.9. The highest BCUT2D eigenvalue weighted by molar-refractivity contribution is 9.10. The highest BCUT2D eigenvalue weighted by Gasteiger charge is 2.17. The molecule has 2 atom stereocenters. The molecule has 0 aliphatic rings. The summed E-state index contributed by atoms with van der Waals surface area (Å²) in [4.78, 5) is 3.07. The van der Waals surface area contributed by atoms with Crippen LogP contribution in [0.3, 0.4) is 0 Å². The van der Waals surface area contributed by atoms with Crippen molar-refractivity contribution < 1.29 is 4.39 Å². The molecule has 2 unspecified atom stereocenters. The Kier molecular flexibility index (Phi) is 3.92. The summed E-state index contributed by atoms with van der Waals surface area (Å²) in [6.45, 7) is 6.51. The maximum absolute atomic E-state index is 13.5. The molecule has 0 amide bonds. The number of hydrogen-bond donors (Lipinski definition) is 1. The summed E-state index contributed by atoms with van der Waals surface area (Å²) < 4.78 is 16.7. The maximum Gasteiger partial charge on any atom is 0.178 e. The van der Waals surface area contributed by atoms with Gasteiger partial charge in [-0.05, 0) is 47.1 Å². The normalized spacial score (nSPS) is 14.9. The number of imidazole rings is 1. The van der Waals surface area contributed by atoms with E-state index in [9.17, 15) is 4.39 Å². The van der Waals surface area contributed by atoms with Gasteiger partial charge in [0, 0.05) is 12.1 Å². The molecular formula is C13H16BrFN2S. The summed E-state index contributed by atoms with van der Waals surface area (Å²) in [6, 6.07) is 3.55. The van der Waals surface area contributed by atoms with Crippen molar-refractivity contribution in [3.8, 4) is 0 Å². The number of benzene rings is 1. The minimum Gasteiger partial charge on any atom is -0.330 e. The van der Waals surface area contributed by atoms with Crippen molar-refractivity contribution in [3.63, 3.8) is 0 Å². The van der Waals surface area contributed by atoms with E-state index in [1.54, 1.807) is 6.07 Å². The molecule has 0 fully saturated rings. The lowest BCUT2D eigenvalue weighted by molar-refractivity contribution is 0.374. The molecule has 2 nitrogen and oxygen atoms in total. The van der Waals surface area contributed by atoms with Gasteiger partial charge in [0.1, 0.15) is 5.82 Å². The van der Waals surface area contributed by atoms with Crippen molar-refractivity contribution in [2.24, 2.45) is 5.92 Å². The van der Waals surface area contributed by atoms with Gasteiger partial charge in [-0.1, -0.05) is 20.3 Å². The third-order valence-corrected chi connectivity index (χ3v) is 4.54. The van der Waals surface area contributed by atoms with Gasteiger partial charge >= 0.3 is 0 Å². The average molecular weight is 331 g/mol. The predicted octanol–water partition coefficient (Wildman–Crippen LogP) is 5.21. The van der Waals surface area contributed by atoms with Crippen molar-refractivity contribution in [1.82, 2.24) is 9.55 Å². The fraction of sp³-hybridized carbons (Fsp3) is 0.462. The molecule has 0 radical (unpaired) electrons. The van der Waals surface area contributed by atoms with Crippen LogP contribution < -0.4 is 0 Å². The number of rotatable bonds is 3. The maximum atomic E-state index is 13.5. The second-order valence-electron chi connectivity index (χ2n) is 4.71. The first-order valence-electron chi connectivity index (χ1n) is 6.05. The Morgan fingerprint density at radius 3 is 2.72 bits per heavy atom. The second kappa shape index (κ2) is 5.13. The SMILES string of the molecule is CCC(C)C(C)n1c(=S)[nH]c2cc(F)c(Br)cc21. The summed E-state index contributed by atoms with van der Waals surface area (Å²) in [5.74, 6) is 0.238. The number of halogens is 2. The van der Waals surface area contributed by atoms with Crippen LogP contribution in [0.4, 0.5) is 4.39 Å². The molecule has 0 aliphatic heterocycles. The zero-order valence-corrected chi connectivity index (χ0v) is 13.0. The van der Waals surface area contributed by atoms with Crippen molar-refractivity contribution in [2.45, 2.75) is 33.2 Å². The largest absolute Gasteiger partial charge is 0.330 e. The monoisotopic (exact) mass is 330 g/mol. The molecule has 0 saturated heterocycles. The van der Waals surface area contributed by atoms with E-state index in [4.69, 9.17) is 12.2 Å². The topological polar surface area (TPSA) is 20.7 Å². The molecule has 1 aromatic heterocycles. The third kappa shape index (κ3) is 2.26. The molecule has 0 aliphatic carbocycles. The summed E-state index contributed by atoms with van der Waals surface area (Å²) in [5, 5.41) is 0. The number of aromatic amines is 1. The third-order valence-electron chi connectivity index (χ3n) is 3.63. The molecule has 2 rings (SSSR count). The molecule has 5 heteroatoms. The Morgan fingerprint density at radius 2 is 2.11 bits per heavy atom. The van der Waals surface area contributed by atoms with E-state index < -0.39 is 0 Å². The number of hydrogen-bond acceptors (Lipinski definition) is 1. The van der Waals surface area contributed by atoms with Crippen molar-refractivity contribution >= 4 is 39.2 Å². The Balaban J connectivity index is 2.67. The van der Waals surface area contributed by atoms with E-state index in [0.717, 1.165) is 17.5 Å². The predicted molar refractivity (Wildman–Crippen MR) is 78.9 cm³/mol. The van der Waals surface area contributed by atoms with Gasteiger partial charge in [0.25, 0.3) is 0 Å². The van der Waals surface area contributed by atoms with E-state index in [-0.39, 0.29) is 11.9 Å². The number of aromatic nitrogens is 2. The van der Waals surface area contributed by atoms with Gasteiger partial charge < -0.3 is 9.55 Å². The summed E-state index contributed by atoms with van der Waals surface area (Å²) in [6.07, 6.45) is 1.08. The van der Waals surface area contributed by atoms with Crippen LogP contribution in [-0.2, 0) is 0 Å². The van der Waals surface area contributed by atoms with E-state index in [2.05, 4.69) is 46.3 Å². The fourth-order valence-electron chi connectivity index (χ4n) is 2.12. The Bertz CT molecular complexity index is 632. The van der Waals surface area contributed by atoms with Gasteiger partial charge in [0.05, 0.1) is 15.5 Å². The molecule has 18 heavy (non-hydrogen) atoms. The molecule has 1 heterocycles. The standard InChI is InChI=1S/C13H16BrFN2S/c1-4-7(2)8(3)17-12-5-9(14)10(15)6-11(12)16-13(17)18/h5-8H,4H2,1-3H3,(H,16,18). The fourth-order valence-corrected chi connectivity index (χ4v) is 2.83. The second-order valence-corrected chi connectivity index (χ2v) is 5.95. The molecule has 1 N–H and O–H groups in total. The molecule has 2 aromatic rings. The van der Waals surface area contributed by atoms with Crippen LogP contribution in [0.25, 0.3) is 11.0 Å². The van der Waals surface area contributed by atoms with Crippen molar-refractivity contribution in [3.05, 3.63) is 27.2 Å². The van der Waals surface area contributed by atoms with Crippen LogP contribution in [0.5, 0.6) is 0 Å². The summed E-state index contributed by atoms with van der Waals surface area (Å²) in [7, 11) is 0. The number of nitrogens with one attached hydrogen (secondary N) is 1. The van der Waals surface area contributed by atoms with Gasteiger partial charge in [-0.25, -0.2) is 4.39 Å². The van der Waals surface area contributed by atoms with Gasteiger partial charge in [-0.2, -0.15) is 0 Å². The Labute approximate surface area is 119 Å². The zero-order chi connectivity index (χ0) is 13.4. The van der Waals surface area contributed by atoms with Crippen LogP contribution in [0, 0.1) is 16.5 Å². The van der Waals surface area contributed by atoms with Gasteiger partial charge in [-0.3, -0.25) is 0 Å². The van der Waals surface area contributed by atoms with Crippen LogP contribution in [0.2, 0.25) is 0 Å². The average Bonchev–Trinajstić information content (AvgIpc) is 2.63. The van der Waals surface area contributed by atoms with Gasteiger partial charge in [-0.15, -0.1) is 0 Å². The number of H-pyrrole nitrogens is 1. The van der Waals surface area contributed by atoms with Crippen LogP contribution in [0.1, 0.15) is 33.2 Å². The highest BCUT2D eigenvalue weighted by Crippen LogP contribution is 2.29. The lowest BCUT2D eigenvalue weighted by Crippen LogP contribution is -2.13. The molecule has 0 bridgehead atoms. The van der Waals surface area contributed by atoms with E-state index in [0.29, 0.717) is 15.2 Å². The van der Waals surface area contributed by atoms with E-state index in [1.807, 2.05) is 0 Å². The summed E-state index contributed by atoms with van der Waals surface area (Å²) >= 11 is 8.58. The molecule has 0 saturated carbocycles. The van der Waals surface area contributed by atoms with Crippen LogP contribution >= 0.6 is 28.1 Å².